The van der Waals surface area contributed by atoms with Crippen LogP contribution in [0.3, 0.4) is 0 Å². The van der Waals surface area contributed by atoms with Crippen LogP contribution < -0.4 is 0 Å². The van der Waals surface area contributed by atoms with E-state index in [1.54, 1.807) is 0 Å². The lowest BCUT2D eigenvalue weighted by atomic mass is 9.61. The number of rotatable bonds is 3. The minimum absolute atomic E-state index is 0.121. The zero-order chi connectivity index (χ0) is 12.2. The first-order chi connectivity index (χ1) is 7.26. The van der Waals surface area contributed by atoms with Gasteiger partial charge in [0.25, 0.3) is 0 Å². The first-order valence-electron chi connectivity index (χ1n) is 6.16. The van der Waals surface area contributed by atoms with Gasteiger partial charge in [0.05, 0.1) is 11.7 Å². The molecule has 0 radical (unpaired) electrons. The summed E-state index contributed by atoms with van der Waals surface area (Å²) in [4.78, 5) is 11.7. The average Bonchev–Trinajstić information content (AvgIpc) is 2.70. The molecule has 0 aromatic rings. The second-order valence-corrected chi connectivity index (χ2v) is 6.17. The molecule has 1 aliphatic carbocycles. The maximum atomic E-state index is 11.7. The van der Waals surface area contributed by atoms with E-state index in [9.17, 15) is 9.90 Å². The Morgan fingerprint density at radius 3 is 2.50 bits per heavy atom. The van der Waals surface area contributed by atoms with Gasteiger partial charge in [0, 0.05) is 19.3 Å². The van der Waals surface area contributed by atoms with Crippen molar-refractivity contribution in [3.8, 4) is 0 Å². The predicted molar refractivity (Wildman–Crippen MR) is 61.2 cm³/mol. The Hall–Kier alpha value is -0.410. The molecule has 3 unspecified atom stereocenters. The van der Waals surface area contributed by atoms with Crippen molar-refractivity contribution in [3.05, 3.63) is 0 Å². The van der Waals surface area contributed by atoms with Gasteiger partial charge in [-0.25, -0.2) is 0 Å². The van der Waals surface area contributed by atoms with Crippen molar-refractivity contribution in [1.29, 1.82) is 0 Å². The van der Waals surface area contributed by atoms with Crippen LogP contribution in [-0.4, -0.2) is 28.2 Å². The Bertz CT molecular complexity index is 323. The smallest absolute Gasteiger partial charge is 0.135 e. The first-order valence-corrected chi connectivity index (χ1v) is 6.16. The molecule has 0 bridgehead atoms. The molecule has 0 aromatic carbocycles. The van der Waals surface area contributed by atoms with Gasteiger partial charge >= 0.3 is 0 Å². The van der Waals surface area contributed by atoms with E-state index in [0.717, 1.165) is 6.42 Å². The number of aliphatic hydroxyl groups excluding tert-OH is 1. The number of aliphatic hydroxyl groups is 1. The summed E-state index contributed by atoms with van der Waals surface area (Å²) in [5, 5.41) is 9.85. The standard InChI is InChI=1S/C13H22O3/c1-5-9(14)8-13-11(2,3)6-10(15)7-12(13,4)16-13/h10,15H,5-8H2,1-4H3. The fraction of sp³-hybridized carbons (Fsp3) is 0.923. The molecule has 2 rings (SSSR count). The Kier molecular flexibility index (Phi) is 2.48. The largest absolute Gasteiger partial charge is 0.393 e. The molecule has 1 aliphatic heterocycles. The van der Waals surface area contributed by atoms with Gasteiger partial charge in [0.1, 0.15) is 11.4 Å². The van der Waals surface area contributed by atoms with Gasteiger partial charge in [-0.15, -0.1) is 0 Å². The molecule has 2 fully saturated rings. The average molecular weight is 226 g/mol. The number of hydrogen-bond donors (Lipinski definition) is 1. The summed E-state index contributed by atoms with van der Waals surface area (Å²) in [6.07, 6.45) is 2.15. The minimum atomic E-state index is -0.327. The van der Waals surface area contributed by atoms with Gasteiger partial charge in [-0.2, -0.15) is 0 Å². The summed E-state index contributed by atoms with van der Waals surface area (Å²) in [7, 11) is 0. The van der Waals surface area contributed by atoms with Gasteiger partial charge < -0.3 is 9.84 Å². The molecule has 3 heteroatoms. The summed E-state index contributed by atoms with van der Waals surface area (Å²) in [6, 6.07) is 0. The summed E-state index contributed by atoms with van der Waals surface area (Å²) in [5.41, 5.74) is -0.741. The number of ether oxygens (including phenoxy) is 1. The topological polar surface area (TPSA) is 49.8 Å². The third-order valence-corrected chi connectivity index (χ3v) is 4.52. The Morgan fingerprint density at radius 2 is 2.00 bits per heavy atom. The first kappa shape index (κ1) is 12.1. The molecule has 1 saturated carbocycles. The van der Waals surface area contributed by atoms with Crippen LogP contribution in [0.5, 0.6) is 0 Å². The van der Waals surface area contributed by atoms with Gasteiger partial charge in [-0.1, -0.05) is 20.8 Å². The lowest BCUT2D eigenvalue weighted by molar-refractivity contribution is -0.121. The van der Waals surface area contributed by atoms with Crippen molar-refractivity contribution in [1.82, 2.24) is 0 Å². The monoisotopic (exact) mass is 226 g/mol. The van der Waals surface area contributed by atoms with E-state index in [-0.39, 0.29) is 28.5 Å². The molecular formula is C13H22O3. The van der Waals surface area contributed by atoms with E-state index in [4.69, 9.17) is 4.74 Å². The maximum Gasteiger partial charge on any atom is 0.135 e. The van der Waals surface area contributed by atoms with Crippen LogP contribution in [0.25, 0.3) is 0 Å². The van der Waals surface area contributed by atoms with Crippen LogP contribution in [0.2, 0.25) is 0 Å². The number of hydrogen-bond acceptors (Lipinski definition) is 3. The maximum absolute atomic E-state index is 11.7. The van der Waals surface area contributed by atoms with E-state index in [2.05, 4.69) is 13.8 Å². The number of epoxide rings is 1. The van der Waals surface area contributed by atoms with Crippen LogP contribution in [0.1, 0.15) is 53.4 Å². The lowest BCUT2D eigenvalue weighted by Crippen LogP contribution is -2.48. The van der Waals surface area contributed by atoms with Crippen molar-refractivity contribution in [2.24, 2.45) is 5.41 Å². The van der Waals surface area contributed by atoms with Gasteiger partial charge in [0.15, 0.2) is 0 Å². The molecule has 1 heterocycles. The molecule has 0 aromatic heterocycles. The van der Waals surface area contributed by atoms with E-state index < -0.39 is 0 Å². The van der Waals surface area contributed by atoms with E-state index in [1.807, 2.05) is 13.8 Å². The highest BCUT2D eigenvalue weighted by atomic mass is 16.6. The molecule has 3 atom stereocenters. The summed E-state index contributed by atoms with van der Waals surface area (Å²) >= 11 is 0. The number of carbonyl (C=O) groups is 1. The second kappa shape index (κ2) is 3.30. The number of fused-ring (bicyclic) bond motifs is 1. The normalized spacial score (nSPS) is 44.9. The third kappa shape index (κ3) is 1.45. The highest BCUT2D eigenvalue weighted by Crippen LogP contribution is 2.66. The number of carbonyl (C=O) groups excluding carboxylic acids is 1. The SMILES string of the molecule is CCC(=O)CC12OC1(C)CC(O)CC2(C)C. The van der Waals surface area contributed by atoms with Crippen LogP contribution >= 0.6 is 0 Å². The van der Waals surface area contributed by atoms with Crippen LogP contribution in [0.4, 0.5) is 0 Å². The fourth-order valence-electron chi connectivity index (χ4n) is 3.56. The zero-order valence-electron chi connectivity index (χ0n) is 10.7. The summed E-state index contributed by atoms with van der Waals surface area (Å²) in [6.45, 7) is 8.12. The van der Waals surface area contributed by atoms with E-state index in [1.165, 1.54) is 0 Å². The zero-order valence-corrected chi connectivity index (χ0v) is 10.7. The van der Waals surface area contributed by atoms with E-state index >= 15 is 0 Å². The van der Waals surface area contributed by atoms with Crippen molar-refractivity contribution in [2.75, 3.05) is 0 Å². The third-order valence-electron chi connectivity index (χ3n) is 4.52. The molecule has 16 heavy (non-hydrogen) atoms. The van der Waals surface area contributed by atoms with Gasteiger partial charge in [-0.05, 0) is 18.8 Å². The second-order valence-electron chi connectivity index (χ2n) is 6.17. The van der Waals surface area contributed by atoms with Gasteiger partial charge in [-0.3, -0.25) is 4.79 Å². The number of ketones is 1. The predicted octanol–water partition coefficient (Wildman–Crippen LogP) is 2.06. The van der Waals surface area contributed by atoms with Crippen LogP contribution in [-0.2, 0) is 9.53 Å². The Balaban J connectivity index is 2.24. The van der Waals surface area contributed by atoms with Crippen LogP contribution in [0.15, 0.2) is 0 Å². The summed E-state index contributed by atoms with van der Waals surface area (Å²) < 4.78 is 5.93. The molecule has 2 aliphatic rings. The molecule has 0 amide bonds. The molecule has 92 valence electrons. The van der Waals surface area contributed by atoms with Crippen LogP contribution in [0, 0.1) is 5.41 Å². The van der Waals surface area contributed by atoms with Crippen molar-refractivity contribution in [3.63, 3.8) is 0 Å². The Morgan fingerprint density at radius 1 is 1.38 bits per heavy atom. The fourth-order valence-corrected chi connectivity index (χ4v) is 3.56. The highest BCUT2D eigenvalue weighted by molar-refractivity contribution is 5.80. The van der Waals surface area contributed by atoms with Crippen molar-refractivity contribution < 1.29 is 14.6 Å². The molecule has 1 N–H and O–H groups in total. The summed E-state index contributed by atoms with van der Waals surface area (Å²) in [5.74, 6) is 0.258. The minimum Gasteiger partial charge on any atom is -0.393 e. The Labute approximate surface area is 97.2 Å². The molecule has 3 nitrogen and oxygen atoms in total. The number of Topliss-reactive ketones (excluding diaryl/α,β-unsaturated/α-hetero) is 1. The lowest BCUT2D eigenvalue weighted by Gasteiger charge is -2.40. The van der Waals surface area contributed by atoms with Crippen molar-refractivity contribution >= 4 is 5.78 Å². The highest BCUT2D eigenvalue weighted by Gasteiger charge is 2.75. The quantitative estimate of drug-likeness (QED) is 0.749. The molecular weight excluding hydrogens is 204 g/mol. The molecule has 1 saturated heterocycles. The van der Waals surface area contributed by atoms with Crippen molar-refractivity contribution in [2.45, 2.75) is 70.7 Å². The molecule has 0 spiro atoms. The van der Waals surface area contributed by atoms with Gasteiger partial charge in [0.2, 0.25) is 0 Å². The van der Waals surface area contributed by atoms with E-state index in [0.29, 0.717) is 19.3 Å².